The molecule has 0 fully saturated rings. The first-order valence-corrected chi connectivity index (χ1v) is 5.54. The van der Waals surface area contributed by atoms with Crippen molar-refractivity contribution in [2.24, 2.45) is 0 Å². The summed E-state index contributed by atoms with van der Waals surface area (Å²) in [6, 6.07) is 0. The van der Waals surface area contributed by atoms with Crippen molar-refractivity contribution in [2.45, 2.75) is 19.4 Å². The first kappa shape index (κ1) is 12.0. The Morgan fingerprint density at radius 1 is 1.67 bits per heavy atom. The molecule has 2 N–H and O–H groups in total. The summed E-state index contributed by atoms with van der Waals surface area (Å²) in [5, 5.41) is 12.4. The Kier molecular flexibility index (Phi) is 9.11. The second-order valence-electron chi connectivity index (χ2n) is 2.63. The van der Waals surface area contributed by atoms with Gasteiger partial charge in [0.15, 0.2) is 0 Å². The van der Waals surface area contributed by atoms with Crippen LogP contribution in [0.5, 0.6) is 0 Å². The molecule has 0 radical (unpaired) electrons. The summed E-state index contributed by atoms with van der Waals surface area (Å²) in [4.78, 5) is 0. The number of rotatable bonds is 8. The Morgan fingerprint density at radius 2 is 2.42 bits per heavy atom. The largest absolute Gasteiger partial charge is 0.392 e. The van der Waals surface area contributed by atoms with Crippen LogP contribution in [-0.4, -0.2) is 35.8 Å². The molecule has 0 aromatic carbocycles. The summed E-state index contributed by atoms with van der Waals surface area (Å²) in [6.07, 6.45) is 2.55. The molecule has 0 aliphatic carbocycles. The minimum absolute atomic E-state index is 0.186. The number of aliphatic hydroxyl groups excluding tert-OH is 1. The van der Waals surface area contributed by atoms with Crippen LogP contribution < -0.4 is 5.32 Å². The lowest BCUT2D eigenvalue weighted by molar-refractivity contribution is 0.168. The molecule has 0 saturated carbocycles. The highest BCUT2D eigenvalue weighted by Crippen LogP contribution is 1.97. The van der Waals surface area contributed by atoms with Gasteiger partial charge in [-0.3, -0.25) is 0 Å². The van der Waals surface area contributed by atoms with Gasteiger partial charge in [0.1, 0.15) is 0 Å². The molecule has 0 rings (SSSR count). The molecule has 2 nitrogen and oxygen atoms in total. The molecule has 0 aromatic heterocycles. The molecule has 0 saturated heterocycles. The van der Waals surface area contributed by atoms with E-state index < -0.39 is 0 Å². The fourth-order valence-corrected chi connectivity index (χ4v) is 1.35. The fraction of sp³-hybridized carbons (Fsp3) is 0.778. The van der Waals surface area contributed by atoms with Gasteiger partial charge in [-0.25, -0.2) is 0 Å². The minimum atomic E-state index is -0.186. The number of aliphatic hydroxyl groups is 1. The SMILES string of the molecule is C=CCSCCNCC(O)CC. The van der Waals surface area contributed by atoms with E-state index in [0.717, 1.165) is 24.5 Å². The maximum Gasteiger partial charge on any atom is 0.0662 e. The fourth-order valence-electron chi connectivity index (χ4n) is 0.724. The molecule has 0 aliphatic heterocycles. The third-order valence-electron chi connectivity index (χ3n) is 1.51. The topological polar surface area (TPSA) is 32.3 Å². The van der Waals surface area contributed by atoms with Crippen molar-refractivity contribution in [3.63, 3.8) is 0 Å². The van der Waals surface area contributed by atoms with Crippen molar-refractivity contribution in [1.29, 1.82) is 0 Å². The lowest BCUT2D eigenvalue weighted by atomic mass is 10.3. The van der Waals surface area contributed by atoms with E-state index in [1.807, 2.05) is 24.8 Å². The molecule has 0 aliphatic rings. The van der Waals surface area contributed by atoms with Crippen LogP contribution in [0.3, 0.4) is 0 Å². The first-order chi connectivity index (χ1) is 5.81. The molecule has 0 spiro atoms. The molecule has 0 heterocycles. The molecular formula is C9H19NOS. The summed E-state index contributed by atoms with van der Waals surface area (Å²) in [7, 11) is 0. The third-order valence-corrected chi connectivity index (χ3v) is 2.47. The van der Waals surface area contributed by atoms with Gasteiger partial charge in [0.05, 0.1) is 6.10 Å². The van der Waals surface area contributed by atoms with Crippen LogP contribution in [0, 0.1) is 0 Å². The average molecular weight is 189 g/mol. The lowest BCUT2D eigenvalue weighted by Crippen LogP contribution is -2.27. The monoisotopic (exact) mass is 189 g/mol. The number of hydrogen-bond acceptors (Lipinski definition) is 3. The molecule has 0 amide bonds. The Bertz CT molecular complexity index is 109. The maximum absolute atomic E-state index is 9.18. The quantitative estimate of drug-likeness (QED) is 0.445. The number of thioether (sulfide) groups is 1. The van der Waals surface area contributed by atoms with E-state index in [1.165, 1.54) is 0 Å². The zero-order chi connectivity index (χ0) is 9.23. The van der Waals surface area contributed by atoms with Crippen molar-refractivity contribution >= 4 is 11.8 Å². The molecule has 1 unspecified atom stereocenters. The van der Waals surface area contributed by atoms with Gasteiger partial charge in [-0.1, -0.05) is 13.0 Å². The van der Waals surface area contributed by atoms with Crippen molar-refractivity contribution in [3.05, 3.63) is 12.7 Å². The van der Waals surface area contributed by atoms with E-state index in [4.69, 9.17) is 0 Å². The second-order valence-corrected chi connectivity index (χ2v) is 3.78. The zero-order valence-corrected chi connectivity index (χ0v) is 8.57. The van der Waals surface area contributed by atoms with E-state index in [0.29, 0.717) is 6.54 Å². The van der Waals surface area contributed by atoms with Crippen LogP contribution in [0.15, 0.2) is 12.7 Å². The van der Waals surface area contributed by atoms with Crippen LogP contribution in [0.2, 0.25) is 0 Å². The van der Waals surface area contributed by atoms with Crippen molar-refractivity contribution in [3.8, 4) is 0 Å². The van der Waals surface area contributed by atoms with E-state index in [2.05, 4.69) is 11.9 Å². The highest BCUT2D eigenvalue weighted by Gasteiger charge is 1.97. The summed E-state index contributed by atoms with van der Waals surface area (Å²) in [6.45, 7) is 7.30. The molecule has 12 heavy (non-hydrogen) atoms. The molecule has 72 valence electrons. The third kappa shape index (κ3) is 8.11. The predicted octanol–water partition coefficient (Wildman–Crippen LogP) is 1.27. The Morgan fingerprint density at radius 3 is 3.00 bits per heavy atom. The first-order valence-electron chi connectivity index (χ1n) is 4.38. The summed E-state index contributed by atoms with van der Waals surface area (Å²) in [5.41, 5.74) is 0. The molecule has 3 heteroatoms. The minimum Gasteiger partial charge on any atom is -0.392 e. The Hall–Kier alpha value is 0.01000. The number of hydrogen-bond donors (Lipinski definition) is 2. The maximum atomic E-state index is 9.18. The van der Waals surface area contributed by atoms with Crippen LogP contribution >= 0.6 is 11.8 Å². The van der Waals surface area contributed by atoms with Crippen LogP contribution in [0.4, 0.5) is 0 Å². The van der Waals surface area contributed by atoms with Crippen molar-refractivity contribution < 1.29 is 5.11 Å². The van der Waals surface area contributed by atoms with Crippen LogP contribution in [0.25, 0.3) is 0 Å². The van der Waals surface area contributed by atoms with Gasteiger partial charge in [0.2, 0.25) is 0 Å². The van der Waals surface area contributed by atoms with Gasteiger partial charge in [-0.15, -0.1) is 6.58 Å². The lowest BCUT2D eigenvalue weighted by Gasteiger charge is -2.08. The molecule has 0 bridgehead atoms. The molecule has 1 atom stereocenters. The normalized spacial score (nSPS) is 12.8. The number of nitrogens with one attached hydrogen (secondary N) is 1. The second kappa shape index (κ2) is 9.10. The van der Waals surface area contributed by atoms with Gasteiger partial charge in [0.25, 0.3) is 0 Å². The van der Waals surface area contributed by atoms with Gasteiger partial charge >= 0.3 is 0 Å². The van der Waals surface area contributed by atoms with E-state index >= 15 is 0 Å². The van der Waals surface area contributed by atoms with Gasteiger partial charge in [-0.2, -0.15) is 11.8 Å². The smallest absolute Gasteiger partial charge is 0.0662 e. The molecular weight excluding hydrogens is 170 g/mol. The van der Waals surface area contributed by atoms with Gasteiger partial charge < -0.3 is 10.4 Å². The standard InChI is InChI=1S/C9H19NOS/c1-3-6-12-7-5-10-8-9(11)4-2/h3,9-11H,1,4-8H2,2H3. The van der Waals surface area contributed by atoms with E-state index in [9.17, 15) is 5.11 Å². The van der Waals surface area contributed by atoms with E-state index in [1.54, 1.807) is 0 Å². The summed E-state index contributed by atoms with van der Waals surface area (Å²) < 4.78 is 0. The van der Waals surface area contributed by atoms with Gasteiger partial charge in [0, 0.05) is 24.6 Å². The van der Waals surface area contributed by atoms with Crippen LogP contribution in [0.1, 0.15) is 13.3 Å². The van der Waals surface area contributed by atoms with Crippen LogP contribution in [-0.2, 0) is 0 Å². The Labute approximate surface area is 79.4 Å². The summed E-state index contributed by atoms with van der Waals surface area (Å²) >= 11 is 1.85. The highest BCUT2D eigenvalue weighted by atomic mass is 32.2. The predicted molar refractivity (Wildman–Crippen MR) is 56.7 cm³/mol. The highest BCUT2D eigenvalue weighted by molar-refractivity contribution is 7.99. The van der Waals surface area contributed by atoms with E-state index in [-0.39, 0.29) is 6.10 Å². The van der Waals surface area contributed by atoms with Crippen molar-refractivity contribution in [1.82, 2.24) is 5.32 Å². The molecule has 0 aromatic rings. The zero-order valence-electron chi connectivity index (χ0n) is 7.75. The van der Waals surface area contributed by atoms with Gasteiger partial charge in [-0.05, 0) is 6.42 Å². The van der Waals surface area contributed by atoms with Crippen molar-refractivity contribution in [2.75, 3.05) is 24.6 Å². The summed E-state index contributed by atoms with van der Waals surface area (Å²) in [5.74, 6) is 2.10. The average Bonchev–Trinajstić information content (AvgIpc) is 2.10. The Balaban J connectivity index is 2.95.